The summed E-state index contributed by atoms with van der Waals surface area (Å²) in [5.41, 5.74) is 1.63. The number of nitro groups is 1. The molecule has 7 nitrogen and oxygen atoms in total. The summed E-state index contributed by atoms with van der Waals surface area (Å²) in [7, 11) is 0. The molecule has 1 aromatic heterocycles. The number of benzene rings is 2. The minimum atomic E-state index is -0.654. The molecule has 0 amide bonds. The minimum absolute atomic E-state index is 0.0683. The lowest BCUT2D eigenvalue weighted by molar-refractivity contribution is -0.384. The summed E-state index contributed by atoms with van der Waals surface area (Å²) in [6.45, 7) is 3.49. The molecule has 0 aliphatic carbocycles. The van der Waals surface area contributed by atoms with Crippen molar-refractivity contribution in [1.82, 2.24) is 0 Å². The molecule has 0 fully saturated rings. The lowest BCUT2D eigenvalue weighted by Gasteiger charge is -2.08. The molecule has 136 valence electrons. The smallest absolute Gasteiger partial charge is 0.336 e. The van der Waals surface area contributed by atoms with Crippen LogP contribution in [0.4, 0.5) is 5.69 Å². The molecule has 2 aromatic carbocycles. The van der Waals surface area contributed by atoms with Crippen LogP contribution in [0.3, 0.4) is 0 Å². The van der Waals surface area contributed by atoms with Crippen LogP contribution >= 0.6 is 0 Å². The standard InChI is InChI=1S/C20H15NO6/c1-12-10-19(23)27-20-13(2)17(8-7-16(12)20)26-18(22)9-6-14-4-3-5-15(11-14)21(24)25/h3-11H,1-2H3/b9-6+. The van der Waals surface area contributed by atoms with Crippen LogP contribution in [0, 0.1) is 24.0 Å². The average molecular weight is 365 g/mol. The molecule has 3 aromatic rings. The first-order chi connectivity index (χ1) is 12.8. The number of non-ortho nitro benzene ring substituents is 1. The Hall–Kier alpha value is -3.74. The van der Waals surface area contributed by atoms with E-state index in [0.29, 0.717) is 16.7 Å². The third-order valence-electron chi connectivity index (χ3n) is 4.02. The quantitative estimate of drug-likeness (QED) is 0.173. The van der Waals surface area contributed by atoms with Crippen LogP contribution in [0.15, 0.2) is 57.8 Å². The van der Waals surface area contributed by atoms with Crippen molar-refractivity contribution in [2.75, 3.05) is 0 Å². The molecule has 0 saturated heterocycles. The van der Waals surface area contributed by atoms with Crippen molar-refractivity contribution in [3.63, 3.8) is 0 Å². The molecule has 0 radical (unpaired) electrons. The summed E-state index contributed by atoms with van der Waals surface area (Å²) in [6.07, 6.45) is 2.60. The van der Waals surface area contributed by atoms with Crippen molar-refractivity contribution in [3.8, 4) is 5.75 Å². The number of hydrogen-bond acceptors (Lipinski definition) is 6. The fraction of sp³-hybridized carbons (Fsp3) is 0.100. The number of nitro benzene ring substituents is 1. The van der Waals surface area contributed by atoms with E-state index < -0.39 is 16.5 Å². The number of esters is 1. The number of rotatable bonds is 4. The van der Waals surface area contributed by atoms with Gasteiger partial charge in [0, 0.05) is 35.2 Å². The van der Waals surface area contributed by atoms with Crippen LogP contribution in [0.1, 0.15) is 16.7 Å². The van der Waals surface area contributed by atoms with Gasteiger partial charge in [0.15, 0.2) is 0 Å². The van der Waals surface area contributed by atoms with Gasteiger partial charge >= 0.3 is 11.6 Å². The molecule has 3 rings (SSSR count). The van der Waals surface area contributed by atoms with E-state index in [2.05, 4.69) is 0 Å². The average Bonchev–Trinajstić information content (AvgIpc) is 2.63. The highest BCUT2D eigenvalue weighted by atomic mass is 16.6. The first-order valence-corrected chi connectivity index (χ1v) is 8.03. The Morgan fingerprint density at radius 2 is 1.96 bits per heavy atom. The predicted molar refractivity (Wildman–Crippen MR) is 99.7 cm³/mol. The van der Waals surface area contributed by atoms with Gasteiger partial charge in [-0.25, -0.2) is 9.59 Å². The topological polar surface area (TPSA) is 99.7 Å². The van der Waals surface area contributed by atoms with Gasteiger partial charge in [0.1, 0.15) is 11.3 Å². The molecule has 0 unspecified atom stereocenters. The zero-order chi connectivity index (χ0) is 19.6. The molecule has 0 bridgehead atoms. The van der Waals surface area contributed by atoms with Crippen molar-refractivity contribution >= 4 is 28.7 Å². The number of nitrogens with zero attached hydrogens (tertiary/aromatic N) is 1. The number of carbonyl (C=O) groups is 1. The third kappa shape index (κ3) is 3.92. The van der Waals surface area contributed by atoms with Gasteiger partial charge in [0.05, 0.1) is 4.92 Å². The first kappa shape index (κ1) is 18.1. The summed E-state index contributed by atoms with van der Waals surface area (Å²) in [5, 5.41) is 11.5. The highest BCUT2D eigenvalue weighted by molar-refractivity contribution is 5.91. The van der Waals surface area contributed by atoms with Gasteiger partial charge in [-0.05, 0) is 43.2 Å². The number of fused-ring (bicyclic) bond motifs is 1. The van der Waals surface area contributed by atoms with Gasteiger partial charge in [0.25, 0.3) is 5.69 Å². The Kier molecular flexibility index (Phi) is 4.85. The Bertz CT molecular complexity index is 1140. The van der Waals surface area contributed by atoms with Crippen LogP contribution in [0.25, 0.3) is 17.0 Å². The Morgan fingerprint density at radius 1 is 1.19 bits per heavy atom. The van der Waals surface area contributed by atoms with E-state index in [9.17, 15) is 19.7 Å². The van der Waals surface area contributed by atoms with E-state index in [4.69, 9.17) is 9.15 Å². The molecule has 0 N–H and O–H groups in total. The molecule has 0 spiro atoms. The Morgan fingerprint density at radius 3 is 2.70 bits per heavy atom. The van der Waals surface area contributed by atoms with E-state index in [1.165, 1.54) is 36.4 Å². The SMILES string of the molecule is Cc1cc(=O)oc2c(C)c(OC(=O)/C=C/c3cccc([N+](=O)[O-])c3)ccc12. The largest absolute Gasteiger partial charge is 0.423 e. The first-order valence-electron chi connectivity index (χ1n) is 8.03. The fourth-order valence-electron chi connectivity index (χ4n) is 2.66. The van der Waals surface area contributed by atoms with Crippen molar-refractivity contribution in [3.05, 3.63) is 85.8 Å². The highest BCUT2D eigenvalue weighted by Crippen LogP contribution is 2.28. The zero-order valence-corrected chi connectivity index (χ0v) is 14.6. The lowest BCUT2D eigenvalue weighted by atomic mass is 10.1. The van der Waals surface area contributed by atoms with Gasteiger partial charge in [-0.3, -0.25) is 10.1 Å². The molecule has 27 heavy (non-hydrogen) atoms. The van der Waals surface area contributed by atoms with Crippen LogP contribution in [-0.4, -0.2) is 10.9 Å². The van der Waals surface area contributed by atoms with Gasteiger partial charge < -0.3 is 9.15 Å². The lowest BCUT2D eigenvalue weighted by Crippen LogP contribution is -2.06. The number of carbonyl (C=O) groups excluding carboxylic acids is 1. The molecule has 7 heteroatoms. The second kappa shape index (κ2) is 7.25. The van der Waals surface area contributed by atoms with Crippen LogP contribution in [-0.2, 0) is 4.79 Å². The summed E-state index contributed by atoms with van der Waals surface area (Å²) < 4.78 is 10.5. The third-order valence-corrected chi connectivity index (χ3v) is 4.02. The molecular formula is C20H15NO6. The number of hydrogen-bond donors (Lipinski definition) is 0. The van der Waals surface area contributed by atoms with E-state index in [0.717, 1.165) is 10.9 Å². The summed E-state index contributed by atoms with van der Waals surface area (Å²) in [6, 6.07) is 10.6. The van der Waals surface area contributed by atoms with Crippen LogP contribution in [0.2, 0.25) is 0 Å². The molecule has 1 heterocycles. The Balaban J connectivity index is 1.84. The monoisotopic (exact) mass is 365 g/mol. The summed E-state index contributed by atoms with van der Waals surface area (Å²) in [5.74, 6) is -0.385. The zero-order valence-electron chi connectivity index (χ0n) is 14.6. The molecule has 0 atom stereocenters. The maximum Gasteiger partial charge on any atom is 0.336 e. The predicted octanol–water partition coefficient (Wildman–Crippen LogP) is 3.94. The van der Waals surface area contributed by atoms with Gasteiger partial charge in [-0.15, -0.1) is 0 Å². The second-order valence-electron chi connectivity index (χ2n) is 5.92. The maximum atomic E-state index is 12.1. The van der Waals surface area contributed by atoms with Crippen molar-refractivity contribution in [2.24, 2.45) is 0 Å². The normalized spacial score (nSPS) is 11.0. The van der Waals surface area contributed by atoms with Gasteiger partial charge in [-0.1, -0.05) is 12.1 Å². The van der Waals surface area contributed by atoms with Crippen molar-refractivity contribution < 1.29 is 18.9 Å². The molecule has 0 saturated carbocycles. The highest BCUT2D eigenvalue weighted by Gasteiger charge is 2.12. The summed E-state index contributed by atoms with van der Waals surface area (Å²) >= 11 is 0. The van der Waals surface area contributed by atoms with Gasteiger partial charge in [0.2, 0.25) is 0 Å². The van der Waals surface area contributed by atoms with E-state index in [1.807, 2.05) is 0 Å². The number of ether oxygens (including phenoxy) is 1. The molecule has 0 aliphatic rings. The van der Waals surface area contributed by atoms with E-state index >= 15 is 0 Å². The van der Waals surface area contributed by atoms with Crippen LogP contribution < -0.4 is 10.4 Å². The van der Waals surface area contributed by atoms with E-state index in [1.54, 1.807) is 32.0 Å². The number of aryl methyl sites for hydroxylation is 2. The van der Waals surface area contributed by atoms with Gasteiger partial charge in [-0.2, -0.15) is 0 Å². The van der Waals surface area contributed by atoms with Crippen molar-refractivity contribution in [1.29, 1.82) is 0 Å². The second-order valence-corrected chi connectivity index (χ2v) is 5.92. The van der Waals surface area contributed by atoms with Crippen LogP contribution in [0.5, 0.6) is 5.75 Å². The minimum Gasteiger partial charge on any atom is -0.423 e. The fourth-order valence-corrected chi connectivity index (χ4v) is 2.66. The molecular weight excluding hydrogens is 350 g/mol. The van der Waals surface area contributed by atoms with Crippen molar-refractivity contribution in [2.45, 2.75) is 13.8 Å². The Labute approximate surface area is 153 Å². The molecule has 0 aliphatic heterocycles. The summed E-state index contributed by atoms with van der Waals surface area (Å²) in [4.78, 5) is 34.0. The maximum absolute atomic E-state index is 12.1. The van der Waals surface area contributed by atoms with E-state index in [-0.39, 0.29) is 11.4 Å².